The molecule has 3 nitrogen and oxygen atoms in total. The largest absolute Gasteiger partial charge is 0.480 e. The van der Waals surface area contributed by atoms with E-state index in [-0.39, 0.29) is 6.04 Å². The summed E-state index contributed by atoms with van der Waals surface area (Å²) in [4.78, 5) is 12.4. The van der Waals surface area contributed by atoms with E-state index in [1.54, 1.807) is 0 Å². The molecule has 0 aromatic heterocycles. The lowest BCUT2D eigenvalue weighted by atomic mass is 10.1. The van der Waals surface area contributed by atoms with Crippen LogP contribution in [0.5, 0.6) is 0 Å². The number of aliphatic carboxylic acids is 1. The fraction of sp³-hybridized carbons (Fsp3) is 0.833. The van der Waals surface area contributed by atoms with E-state index in [0.717, 1.165) is 19.5 Å². The first-order chi connectivity index (χ1) is 4.75. The third-order valence-corrected chi connectivity index (χ3v) is 2.14. The molecule has 0 aromatic carbocycles. The number of carboxylic acid groups (broad SMARTS) is 1. The molecule has 1 aliphatic rings. The molecule has 1 fully saturated rings. The van der Waals surface area contributed by atoms with Crippen molar-refractivity contribution in [1.82, 2.24) is 4.90 Å². The SMILES string of the molecule is O=C(O)[C@H](CS)N1CCC1. The van der Waals surface area contributed by atoms with Gasteiger partial charge in [0.25, 0.3) is 0 Å². The molecule has 0 bridgehead atoms. The maximum Gasteiger partial charge on any atom is 0.321 e. The lowest BCUT2D eigenvalue weighted by Gasteiger charge is -2.35. The maximum absolute atomic E-state index is 10.5. The molecule has 1 N–H and O–H groups in total. The van der Waals surface area contributed by atoms with Crippen LogP contribution >= 0.6 is 12.6 Å². The molecule has 1 aliphatic heterocycles. The minimum atomic E-state index is -0.755. The van der Waals surface area contributed by atoms with Crippen LogP contribution in [0.15, 0.2) is 0 Å². The summed E-state index contributed by atoms with van der Waals surface area (Å²) < 4.78 is 0. The van der Waals surface area contributed by atoms with Crippen LogP contribution in [0.4, 0.5) is 0 Å². The molecule has 0 unspecified atom stereocenters. The normalized spacial score (nSPS) is 21.7. The van der Waals surface area contributed by atoms with Crippen LogP contribution in [0.25, 0.3) is 0 Å². The average Bonchev–Trinajstić information content (AvgIpc) is 1.76. The third kappa shape index (κ3) is 1.44. The van der Waals surface area contributed by atoms with Gasteiger partial charge in [0.1, 0.15) is 6.04 Å². The lowest BCUT2D eigenvalue weighted by molar-refractivity contribution is -0.143. The summed E-state index contributed by atoms with van der Waals surface area (Å²) in [5.41, 5.74) is 0. The van der Waals surface area contributed by atoms with E-state index in [2.05, 4.69) is 12.6 Å². The number of hydrogen-bond acceptors (Lipinski definition) is 3. The summed E-state index contributed by atoms with van der Waals surface area (Å²) in [6, 6.07) is -0.364. The van der Waals surface area contributed by atoms with Gasteiger partial charge in [0.05, 0.1) is 0 Å². The predicted octanol–water partition coefficient (Wildman–Crippen LogP) is 0.0751. The number of thiol groups is 1. The number of carbonyl (C=O) groups is 1. The Hall–Kier alpha value is -0.220. The lowest BCUT2D eigenvalue weighted by Crippen LogP contribution is -2.50. The summed E-state index contributed by atoms with van der Waals surface area (Å²) in [5.74, 6) is -0.343. The fourth-order valence-corrected chi connectivity index (χ4v) is 1.39. The molecule has 10 heavy (non-hydrogen) atoms. The topological polar surface area (TPSA) is 40.5 Å². The van der Waals surface area contributed by atoms with Crippen molar-refractivity contribution in [3.05, 3.63) is 0 Å². The van der Waals surface area contributed by atoms with Crippen molar-refractivity contribution >= 4 is 18.6 Å². The van der Waals surface area contributed by atoms with Gasteiger partial charge in [-0.05, 0) is 6.42 Å². The van der Waals surface area contributed by atoms with E-state index in [0.29, 0.717) is 5.75 Å². The first-order valence-electron chi connectivity index (χ1n) is 3.33. The van der Waals surface area contributed by atoms with Crippen LogP contribution in [0, 0.1) is 0 Å². The van der Waals surface area contributed by atoms with Gasteiger partial charge in [-0.25, -0.2) is 0 Å². The molecule has 4 heteroatoms. The molecule has 1 atom stereocenters. The van der Waals surface area contributed by atoms with Crippen molar-refractivity contribution in [3.8, 4) is 0 Å². The van der Waals surface area contributed by atoms with Crippen LogP contribution in [0.2, 0.25) is 0 Å². The van der Waals surface area contributed by atoms with Gasteiger partial charge in [-0.3, -0.25) is 9.69 Å². The minimum Gasteiger partial charge on any atom is -0.480 e. The second-order valence-electron chi connectivity index (χ2n) is 2.43. The van der Waals surface area contributed by atoms with Crippen molar-refractivity contribution in [2.45, 2.75) is 12.5 Å². The molecule has 0 amide bonds. The molecule has 1 rings (SSSR count). The summed E-state index contributed by atoms with van der Waals surface area (Å²) in [7, 11) is 0. The minimum absolute atomic E-state index is 0.364. The smallest absolute Gasteiger partial charge is 0.321 e. The maximum atomic E-state index is 10.5. The molecule has 0 aliphatic carbocycles. The highest BCUT2D eigenvalue weighted by Crippen LogP contribution is 2.11. The van der Waals surface area contributed by atoms with Crippen molar-refractivity contribution in [2.75, 3.05) is 18.8 Å². The van der Waals surface area contributed by atoms with Crippen molar-refractivity contribution < 1.29 is 9.90 Å². The second-order valence-corrected chi connectivity index (χ2v) is 2.79. The first kappa shape index (κ1) is 7.88. The Labute approximate surface area is 65.4 Å². The highest BCUT2D eigenvalue weighted by atomic mass is 32.1. The first-order valence-corrected chi connectivity index (χ1v) is 3.96. The number of rotatable bonds is 3. The van der Waals surface area contributed by atoms with Gasteiger partial charge in [-0.1, -0.05) is 0 Å². The van der Waals surface area contributed by atoms with Crippen LogP contribution in [0.1, 0.15) is 6.42 Å². The molecule has 0 saturated carbocycles. The second kappa shape index (κ2) is 3.25. The summed E-state index contributed by atoms with van der Waals surface area (Å²) in [6.45, 7) is 1.83. The van der Waals surface area contributed by atoms with Gasteiger partial charge in [-0.2, -0.15) is 12.6 Å². The van der Waals surface area contributed by atoms with Gasteiger partial charge in [-0.15, -0.1) is 0 Å². The Kier molecular flexibility index (Phi) is 2.56. The standard InChI is InChI=1S/C6H11NO2S/c8-6(9)5(4-10)7-2-1-3-7/h5,10H,1-4H2,(H,8,9)/t5-/m0/s1. The number of carboxylic acids is 1. The average molecular weight is 161 g/mol. The zero-order valence-electron chi connectivity index (χ0n) is 5.66. The fourth-order valence-electron chi connectivity index (χ4n) is 1.00. The van der Waals surface area contributed by atoms with E-state index in [1.165, 1.54) is 0 Å². The van der Waals surface area contributed by atoms with E-state index >= 15 is 0 Å². The molecule has 0 aromatic rings. The highest BCUT2D eigenvalue weighted by molar-refractivity contribution is 7.80. The van der Waals surface area contributed by atoms with Crippen LogP contribution in [-0.4, -0.2) is 40.9 Å². The quantitative estimate of drug-likeness (QED) is 0.576. The summed E-state index contributed by atoms with van der Waals surface area (Å²) in [6.07, 6.45) is 1.12. The molecule has 1 heterocycles. The van der Waals surface area contributed by atoms with Crippen LogP contribution in [0.3, 0.4) is 0 Å². The zero-order valence-corrected chi connectivity index (χ0v) is 6.55. The Balaban J connectivity index is 2.39. The Morgan fingerprint density at radius 1 is 1.70 bits per heavy atom. The molecular formula is C6H11NO2S. The molecule has 1 saturated heterocycles. The van der Waals surface area contributed by atoms with Crippen molar-refractivity contribution in [3.63, 3.8) is 0 Å². The molecular weight excluding hydrogens is 150 g/mol. The Morgan fingerprint density at radius 2 is 2.30 bits per heavy atom. The molecule has 0 spiro atoms. The number of nitrogens with zero attached hydrogens (tertiary/aromatic N) is 1. The zero-order chi connectivity index (χ0) is 7.56. The van der Waals surface area contributed by atoms with E-state index < -0.39 is 5.97 Å². The van der Waals surface area contributed by atoms with Crippen LogP contribution in [-0.2, 0) is 4.79 Å². The number of hydrogen-bond donors (Lipinski definition) is 2. The van der Waals surface area contributed by atoms with Gasteiger partial charge in [0.15, 0.2) is 0 Å². The van der Waals surface area contributed by atoms with Gasteiger partial charge in [0.2, 0.25) is 0 Å². The van der Waals surface area contributed by atoms with E-state index in [1.807, 2.05) is 4.90 Å². The van der Waals surface area contributed by atoms with Gasteiger partial charge >= 0.3 is 5.97 Å². The predicted molar refractivity (Wildman–Crippen MR) is 41.5 cm³/mol. The summed E-state index contributed by atoms with van der Waals surface area (Å²) >= 11 is 3.96. The van der Waals surface area contributed by atoms with E-state index in [9.17, 15) is 4.79 Å². The highest BCUT2D eigenvalue weighted by Gasteiger charge is 2.27. The monoisotopic (exact) mass is 161 g/mol. The molecule has 0 radical (unpaired) electrons. The third-order valence-electron chi connectivity index (χ3n) is 1.79. The van der Waals surface area contributed by atoms with Crippen molar-refractivity contribution in [1.29, 1.82) is 0 Å². The van der Waals surface area contributed by atoms with Crippen LogP contribution < -0.4 is 0 Å². The Morgan fingerprint density at radius 3 is 2.40 bits per heavy atom. The Bertz CT molecular complexity index is 136. The summed E-state index contributed by atoms with van der Waals surface area (Å²) in [5, 5.41) is 8.62. The number of likely N-dealkylation sites (tertiary alicyclic amines) is 1. The van der Waals surface area contributed by atoms with Gasteiger partial charge in [0, 0.05) is 18.8 Å². The van der Waals surface area contributed by atoms with Gasteiger partial charge < -0.3 is 5.11 Å². The molecule has 58 valence electrons. The van der Waals surface area contributed by atoms with E-state index in [4.69, 9.17) is 5.11 Å². The van der Waals surface area contributed by atoms with Crippen molar-refractivity contribution in [2.24, 2.45) is 0 Å².